The molecule has 1 atom stereocenters. The van der Waals surface area contributed by atoms with Crippen molar-refractivity contribution in [2.24, 2.45) is 5.92 Å². The molecule has 1 fully saturated rings. The molecule has 94 valence electrons. The first-order valence-corrected chi connectivity index (χ1v) is 6.63. The summed E-state index contributed by atoms with van der Waals surface area (Å²) >= 11 is 0. The summed E-state index contributed by atoms with van der Waals surface area (Å²) in [7, 11) is 0. The van der Waals surface area contributed by atoms with E-state index in [1.807, 2.05) is 19.9 Å². The highest BCUT2D eigenvalue weighted by Gasteiger charge is 2.20. The van der Waals surface area contributed by atoms with Gasteiger partial charge in [0.1, 0.15) is 5.75 Å². The monoisotopic (exact) mass is 233 g/mol. The molecular weight excluding hydrogens is 210 g/mol. The summed E-state index contributed by atoms with van der Waals surface area (Å²) < 4.78 is 0. The highest BCUT2D eigenvalue weighted by atomic mass is 16.3. The normalized spacial score (nSPS) is 17.6. The molecule has 1 aromatic carbocycles. The Labute approximate surface area is 104 Å². The van der Waals surface area contributed by atoms with E-state index in [9.17, 15) is 5.11 Å². The highest BCUT2D eigenvalue weighted by Crippen LogP contribution is 2.32. The van der Waals surface area contributed by atoms with Crippen molar-refractivity contribution in [3.63, 3.8) is 0 Å². The molecule has 2 heteroatoms. The molecule has 0 aliphatic heterocycles. The molecule has 0 heterocycles. The van der Waals surface area contributed by atoms with Crippen molar-refractivity contribution in [2.45, 2.75) is 52.5 Å². The quantitative estimate of drug-likeness (QED) is 0.824. The maximum atomic E-state index is 9.90. The molecule has 2 rings (SSSR count). The third-order valence-electron chi connectivity index (χ3n) is 3.95. The molecule has 0 saturated heterocycles. The zero-order valence-corrected chi connectivity index (χ0v) is 11.1. The average Bonchev–Trinajstić information content (AvgIpc) is 2.25. The van der Waals surface area contributed by atoms with Crippen molar-refractivity contribution < 1.29 is 5.11 Å². The summed E-state index contributed by atoms with van der Waals surface area (Å²) in [5, 5.41) is 13.4. The van der Waals surface area contributed by atoms with Gasteiger partial charge < -0.3 is 10.4 Å². The van der Waals surface area contributed by atoms with Crippen LogP contribution in [0.1, 0.15) is 43.7 Å². The Hall–Kier alpha value is -1.18. The predicted octanol–water partition coefficient (Wildman–Crippen LogP) is 4.00. The van der Waals surface area contributed by atoms with Crippen LogP contribution in [-0.4, -0.2) is 11.1 Å². The van der Waals surface area contributed by atoms with Gasteiger partial charge in [0, 0.05) is 17.3 Å². The number of phenols is 1. The van der Waals surface area contributed by atoms with Crippen molar-refractivity contribution in [3.05, 3.63) is 23.3 Å². The summed E-state index contributed by atoms with van der Waals surface area (Å²) in [6.45, 7) is 6.14. The Morgan fingerprint density at radius 3 is 2.65 bits per heavy atom. The van der Waals surface area contributed by atoms with Crippen LogP contribution in [0.5, 0.6) is 5.75 Å². The van der Waals surface area contributed by atoms with Gasteiger partial charge in [0.2, 0.25) is 0 Å². The first-order valence-electron chi connectivity index (χ1n) is 6.63. The molecule has 1 aliphatic carbocycles. The standard InChI is InChI=1S/C15H23NO/c1-10-7-8-14(12(3)15(10)17)16-11(2)9-13-5-4-6-13/h7-8,11,13,16-17H,4-6,9H2,1-3H3. The molecule has 1 saturated carbocycles. The Morgan fingerprint density at radius 2 is 2.06 bits per heavy atom. The topological polar surface area (TPSA) is 32.3 Å². The largest absolute Gasteiger partial charge is 0.507 e. The number of rotatable bonds is 4. The van der Waals surface area contributed by atoms with Gasteiger partial charge in [0.25, 0.3) is 0 Å². The molecule has 17 heavy (non-hydrogen) atoms. The van der Waals surface area contributed by atoms with E-state index in [-0.39, 0.29) is 0 Å². The number of anilines is 1. The third-order valence-corrected chi connectivity index (χ3v) is 3.95. The van der Waals surface area contributed by atoms with Crippen molar-refractivity contribution >= 4 is 5.69 Å². The van der Waals surface area contributed by atoms with E-state index in [1.54, 1.807) is 0 Å². The average molecular weight is 233 g/mol. The van der Waals surface area contributed by atoms with E-state index >= 15 is 0 Å². The molecule has 1 unspecified atom stereocenters. The second-order valence-electron chi connectivity index (χ2n) is 5.48. The summed E-state index contributed by atoms with van der Waals surface area (Å²) in [5.74, 6) is 1.34. The number of aryl methyl sites for hydroxylation is 1. The highest BCUT2D eigenvalue weighted by molar-refractivity contribution is 5.59. The van der Waals surface area contributed by atoms with E-state index in [4.69, 9.17) is 0 Å². The van der Waals surface area contributed by atoms with Gasteiger partial charge in [0.05, 0.1) is 0 Å². The van der Waals surface area contributed by atoms with Crippen LogP contribution in [-0.2, 0) is 0 Å². The fourth-order valence-electron chi connectivity index (χ4n) is 2.54. The smallest absolute Gasteiger partial charge is 0.123 e. The Morgan fingerprint density at radius 1 is 1.35 bits per heavy atom. The summed E-state index contributed by atoms with van der Waals surface area (Å²) in [6, 6.07) is 4.53. The van der Waals surface area contributed by atoms with Crippen LogP contribution in [0.15, 0.2) is 12.1 Å². The maximum absolute atomic E-state index is 9.90. The van der Waals surface area contributed by atoms with Crippen LogP contribution in [0.2, 0.25) is 0 Å². The lowest BCUT2D eigenvalue weighted by Crippen LogP contribution is -2.23. The second-order valence-corrected chi connectivity index (χ2v) is 5.48. The lowest BCUT2D eigenvalue weighted by atomic mass is 9.81. The number of nitrogens with one attached hydrogen (secondary N) is 1. The summed E-state index contributed by atoms with van der Waals surface area (Å²) in [5.41, 5.74) is 2.98. The van der Waals surface area contributed by atoms with Gasteiger partial charge in [-0.25, -0.2) is 0 Å². The maximum Gasteiger partial charge on any atom is 0.123 e. The van der Waals surface area contributed by atoms with Gasteiger partial charge in [-0.05, 0) is 44.7 Å². The minimum atomic E-state index is 0.422. The number of aromatic hydroxyl groups is 1. The number of phenolic OH excluding ortho intramolecular Hbond substituents is 1. The predicted molar refractivity (Wildman–Crippen MR) is 72.6 cm³/mol. The lowest BCUT2D eigenvalue weighted by molar-refractivity contribution is 0.286. The Balaban J connectivity index is 1.99. The van der Waals surface area contributed by atoms with E-state index < -0.39 is 0 Å². The first-order chi connectivity index (χ1) is 8.08. The fraction of sp³-hybridized carbons (Fsp3) is 0.600. The van der Waals surface area contributed by atoms with Gasteiger partial charge in [-0.1, -0.05) is 25.3 Å². The Kier molecular flexibility index (Phi) is 3.60. The zero-order valence-electron chi connectivity index (χ0n) is 11.1. The van der Waals surface area contributed by atoms with E-state index in [0.717, 1.165) is 22.7 Å². The van der Waals surface area contributed by atoms with Crippen LogP contribution in [0.4, 0.5) is 5.69 Å². The SMILES string of the molecule is Cc1ccc(NC(C)CC2CCC2)c(C)c1O. The molecule has 0 amide bonds. The van der Waals surface area contributed by atoms with Crippen LogP contribution in [0.25, 0.3) is 0 Å². The van der Waals surface area contributed by atoms with Gasteiger partial charge in [0.15, 0.2) is 0 Å². The fourth-order valence-corrected chi connectivity index (χ4v) is 2.54. The molecule has 2 nitrogen and oxygen atoms in total. The van der Waals surface area contributed by atoms with Crippen molar-refractivity contribution in [3.8, 4) is 5.75 Å². The number of benzene rings is 1. The molecular formula is C15H23NO. The first kappa shape index (κ1) is 12.3. The Bertz CT molecular complexity index is 396. The lowest BCUT2D eigenvalue weighted by Gasteiger charge is -2.29. The van der Waals surface area contributed by atoms with Crippen LogP contribution < -0.4 is 5.32 Å². The minimum absolute atomic E-state index is 0.422. The van der Waals surface area contributed by atoms with Crippen LogP contribution in [0.3, 0.4) is 0 Å². The molecule has 0 spiro atoms. The van der Waals surface area contributed by atoms with Gasteiger partial charge in [-0.3, -0.25) is 0 Å². The van der Waals surface area contributed by atoms with Crippen LogP contribution >= 0.6 is 0 Å². The van der Waals surface area contributed by atoms with E-state index in [2.05, 4.69) is 18.3 Å². The molecule has 1 aromatic rings. The second kappa shape index (κ2) is 4.99. The summed E-state index contributed by atoms with van der Waals surface area (Å²) in [4.78, 5) is 0. The molecule has 0 bridgehead atoms. The van der Waals surface area contributed by atoms with Crippen molar-refractivity contribution in [1.29, 1.82) is 0 Å². The minimum Gasteiger partial charge on any atom is -0.507 e. The van der Waals surface area contributed by atoms with Gasteiger partial charge in [-0.2, -0.15) is 0 Å². The zero-order chi connectivity index (χ0) is 12.4. The molecule has 1 aliphatic rings. The van der Waals surface area contributed by atoms with E-state index in [1.165, 1.54) is 25.7 Å². The number of hydrogen-bond acceptors (Lipinski definition) is 2. The number of hydrogen-bond donors (Lipinski definition) is 2. The van der Waals surface area contributed by atoms with Crippen molar-refractivity contribution in [1.82, 2.24) is 0 Å². The molecule has 2 N–H and O–H groups in total. The molecule has 0 aromatic heterocycles. The van der Waals surface area contributed by atoms with Gasteiger partial charge >= 0.3 is 0 Å². The molecule has 0 radical (unpaired) electrons. The van der Waals surface area contributed by atoms with E-state index in [0.29, 0.717) is 11.8 Å². The third kappa shape index (κ3) is 2.74. The van der Waals surface area contributed by atoms with Crippen molar-refractivity contribution in [2.75, 3.05) is 5.32 Å². The van der Waals surface area contributed by atoms with Crippen LogP contribution in [0, 0.1) is 19.8 Å². The summed E-state index contributed by atoms with van der Waals surface area (Å²) in [6.07, 6.45) is 5.43. The van der Waals surface area contributed by atoms with Gasteiger partial charge in [-0.15, -0.1) is 0 Å².